The van der Waals surface area contributed by atoms with Crippen LogP contribution in [0, 0.1) is 18.3 Å². The summed E-state index contributed by atoms with van der Waals surface area (Å²) < 4.78 is 5.69. The van der Waals surface area contributed by atoms with E-state index in [2.05, 4.69) is 16.3 Å². The Bertz CT molecular complexity index is 1070. The second-order valence-corrected chi connectivity index (χ2v) is 6.61. The van der Waals surface area contributed by atoms with E-state index in [1.165, 1.54) is 6.92 Å². The number of rotatable bonds is 4. The van der Waals surface area contributed by atoms with Crippen LogP contribution < -0.4 is 10.2 Å². The molecule has 3 heterocycles. The number of aromatic nitrogens is 2. The fourth-order valence-corrected chi connectivity index (χ4v) is 3.49. The lowest BCUT2D eigenvalue weighted by Crippen LogP contribution is -2.21. The van der Waals surface area contributed by atoms with E-state index in [4.69, 9.17) is 14.4 Å². The highest BCUT2D eigenvalue weighted by molar-refractivity contribution is 5.99. The molecule has 7 nitrogen and oxygen atoms in total. The lowest BCUT2D eigenvalue weighted by atomic mass is 10.1. The lowest BCUT2D eigenvalue weighted by Gasteiger charge is -2.20. The van der Waals surface area contributed by atoms with Crippen molar-refractivity contribution in [2.75, 3.05) is 23.3 Å². The fourth-order valence-electron chi connectivity index (χ4n) is 3.49. The van der Waals surface area contributed by atoms with Crippen LogP contribution >= 0.6 is 0 Å². The summed E-state index contributed by atoms with van der Waals surface area (Å²) in [5, 5.41) is 12.7. The number of furan rings is 1. The molecule has 3 aromatic rings. The SMILES string of the molecule is CC(=O)c1c(C)oc(Nc2nc3ccccc3nc2N2CCCC2)c1C#N. The van der Waals surface area contributed by atoms with Gasteiger partial charge in [0.05, 0.1) is 16.6 Å². The van der Waals surface area contributed by atoms with Crippen LogP contribution in [0.2, 0.25) is 0 Å². The molecule has 0 atom stereocenters. The predicted molar refractivity (Wildman–Crippen MR) is 102 cm³/mol. The Morgan fingerprint density at radius 2 is 1.89 bits per heavy atom. The van der Waals surface area contributed by atoms with Gasteiger partial charge in [0.15, 0.2) is 17.4 Å². The van der Waals surface area contributed by atoms with Crippen molar-refractivity contribution in [1.29, 1.82) is 5.26 Å². The van der Waals surface area contributed by atoms with Crippen LogP contribution in [0.15, 0.2) is 28.7 Å². The van der Waals surface area contributed by atoms with E-state index in [1.807, 2.05) is 24.3 Å². The predicted octanol–water partition coefficient (Wildman–Crippen LogP) is 3.95. The maximum Gasteiger partial charge on any atom is 0.217 e. The third-order valence-electron chi connectivity index (χ3n) is 4.74. The zero-order valence-corrected chi connectivity index (χ0v) is 15.2. The molecule has 0 radical (unpaired) electrons. The Morgan fingerprint density at radius 3 is 2.52 bits per heavy atom. The molecule has 7 heteroatoms. The van der Waals surface area contributed by atoms with Crippen LogP contribution in [0.1, 0.15) is 41.4 Å². The molecule has 1 aliphatic rings. The molecule has 0 unspecified atom stereocenters. The molecule has 1 aromatic carbocycles. The molecule has 2 aromatic heterocycles. The molecule has 136 valence electrons. The van der Waals surface area contributed by atoms with Crippen LogP contribution in [0.3, 0.4) is 0 Å². The molecule has 0 saturated carbocycles. The smallest absolute Gasteiger partial charge is 0.217 e. The van der Waals surface area contributed by atoms with Gasteiger partial charge in [0.1, 0.15) is 17.4 Å². The maximum absolute atomic E-state index is 11.9. The van der Waals surface area contributed by atoms with Crippen molar-refractivity contribution in [1.82, 2.24) is 9.97 Å². The van der Waals surface area contributed by atoms with Gasteiger partial charge in [-0.25, -0.2) is 9.97 Å². The van der Waals surface area contributed by atoms with Gasteiger partial charge in [-0.1, -0.05) is 12.1 Å². The minimum Gasteiger partial charge on any atom is -0.443 e. The van der Waals surface area contributed by atoms with Gasteiger partial charge in [0, 0.05) is 13.1 Å². The molecule has 0 bridgehead atoms. The van der Waals surface area contributed by atoms with E-state index in [0.29, 0.717) is 17.1 Å². The fraction of sp³-hybridized carbons (Fsp3) is 0.300. The third-order valence-corrected chi connectivity index (χ3v) is 4.74. The zero-order chi connectivity index (χ0) is 19.0. The second-order valence-electron chi connectivity index (χ2n) is 6.61. The van der Waals surface area contributed by atoms with Crippen LogP contribution in [0.25, 0.3) is 11.0 Å². The third kappa shape index (κ3) is 2.99. The number of nitrogens with zero attached hydrogens (tertiary/aromatic N) is 4. The molecular weight excluding hydrogens is 342 g/mol. The standard InChI is InChI=1S/C20H19N5O2/c1-12(26)17-13(2)27-20(14(17)11-21)24-18-19(25-9-5-6-10-25)23-16-8-4-3-7-15(16)22-18/h3-4,7-8H,5-6,9-10H2,1-2H3,(H,22,24). The molecule has 1 saturated heterocycles. The van der Waals surface area contributed by atoms with E-state index in [-0.39, 0.29) is 17.2 Å². The summed E-state index contributed by atoms with van der Waals surface area (Å²) in [6, 6.07) is 9.73. The molecule has 0 aliphatic carbocycles. The summed E-state index contributed by atoms with van der Waals surface area (Å²) in [6.45, 7) is 4.91. The molecule has 0 spiro atoms. The summed E-state index contributed by atoms with van der Waals surface area (Å²) >= 11 is 0. The maximum atomic E-state index is 11.9. The topological polar surface area (TPSA) is 95.1 Å². The van der Waals surface area contributed by atoms with Gasteiger partial charge in [-0.05, 0) is 38.8 Å². The Kier molecular flexibility index (Phi) is 4.24. The largest absolute Gasteiger partial charge is 0.443 e. The normalized spacial score (nSPS) is 13.7. The summed E-state index contributed by atoms with van der Waals surface area (Å²) in [7, 11) is 0. The monoisotopic (exact) mass is 361 g/mol. The van der Waals surface area contributed by atoms with Gasteiger partial charge >= 0.3 is 0 Å². The van der Waals surface area contributed by atoms with E-state index < -0.39 is 0 Å². The van der Waals surface area contributed by atoms with Crippen LogP contribution in [-0.4, -0.2) is 28.8 Å². The van der Waals surface area contributed by atoms with Crippen LogP contribution in [0.4, 0.5) is 17.5 Å². The quantitative estimate of drug-likeness (QED) is 0.703. The lowest BCUT2D eigenvalue weighted by molar-refractivity contribution is 0.101. The second kappa shape index (κ2) is 6.72. The van der Waals surface area contributed by atoms with Crippen molar-refractivity contribution in [3.63, 3.8) is 0 Å². The number of fused-ring (bicyclic) bond motifs is 1. The number of nitriles is 1. The highest BCUT2D eigenvalue weighted by atomic mass is 16.4. The minimum absolute atomic E-state index is 0.197. The van der Waals surface area contributed by atoms with Gasteiger partial charge in [-0.15, -0.1) is 0 Å². The number of para-hydroxylation sites is 2. The van der Waals surface area contributed by atoms with Crippen molar-refractivity contribution < 1.29 is 9.21 Å². The number of anilines is 3. The number of hydrogen-bond donors (Lipinski definition) is 1. The Morgan fingerprint density at radius 1 is 1.22 bits per heavy atom. The summed E-state index contributed by atoms with van der Waals surface area (Å²) in [4.78, 5) is 23.6. The van der Waals surface area contributed by atoms with Crippen molar-refractivity contribution in [3.8, 4) is 6.07 Å². The van der Waals surface area contributed by atoms with Gasteiger partial charge in [0.2, 0.25) is 5.88 Å². The molecule has 1 fully saturated rings. The first-order chi connectivity index (χ1) is 13.1. The van der Waals surface area contributed by atoms with Crippen molar-refractivity contribution >= 4 is 34.3 Å². The number of benzene rings is 1. The van der Waals surface area contributed by atoms with Crippen LogP contribution in [0.5, 0.6) is 0 Å². The van der Waals surface area contributed by atoms with Gasteiger partial charge < -0.3 is 14.6 Å². The average Bonchev–Trinajstić information content (AvgIpc) is 3.28. The highest BCUT2D eigenvalue weighted by Gasteiger charge is 2.24. The molecule has 27 heavy (non-hydrogen) atoms. The first-order valence-corrected chi connectivity index (χ1v) is 8.91. The van der Waals surface area contributed by atoms with E-state index in [9.17, 15) is 10.1 Å². The average molecular weight is 361 g/mol. The van der Waals surface area contributed by atoms with Gasteiger partial charge in [0.25, 0.3) is 0 Å². The first kappa shape index (κ1) is 17.0. The van der Waals surface area contributed by atoms with Crippen molar-refractivity contribution in [2.45, 2.75) is 26.7 Å². The van der Waals surface area contributed by atoms with Gasteiger partial charge in [-0.2, -0.15) is 5.26 Å². The number of nitrogens with one attached hydrogen (secondary N) is 1. The molecule has 1 aliphatic heterocycles. The Labute approximate surface area is 156 Å². The number of Topliss-reactive ketones (excluding diaryl/α,β-unsaturated/α-hetero) is 1. The molecule has 4 rings (SSSR count). The number of carbonyl (C=O) groups is 1. The highest BCUT2D eigenvalue weighted by Crippen LogP contribution is 2.34. The number of hydrogen-bond acceptors (Lipinski definition) is 7. The zero-order valence-electron chi connectivity index (χ0n) is 15.2. The summed E-state index contributed by atoms with van der Waals surface area (Å²) in [5.74, 6) is 1.69. The van der Waals surface area contributed by atoms with Crippen LogP contribution in [-0.2, 0) is 0 Å². The number of carbonyl (C=O) groups excluding carboxylic acids is 1. The van der Waals surface area contributed by atoms with E-state index in [0.717, 1.165) is 42.8 Å². The number of aryl methyl sites for hydroxylation is 1. The van der Waals surface area contributed by atoms with Gasteiger partial charge in [-0.3, -0.25) is 4.79 Å². The number of ketones is 1. The van der Waals surface area contributed by atoms with E-state index in [1.54, 1.807) is 6.92 Å². The first-order valence-electron chi connectivity index (χ1n) is 8.91. The molecular formula is C20H19N5O2. The Hall–Kier alpha value is -3.40. The summed E-state index contributed by atoms with van der Waals surface area (Å²) in [6.07, 6.45) is 2.21. The van der Waals surface area contributed by atoms with Crippen molar-refractivity contribution in [2.24, 2.45) is 0 Å². The minimum atomic E-state index is -0.204. The molecule has 0 amide bonds. The molecule has 1 N–H and O–H groups in total. The summed E-state index contributed by atoms with van der Waals surface area (Å²) in [5.41, 5.74) is 2.06. The Balaban J connectivity index is 1.84. The van der Waals surface area contributed by atoms with E-state index >= 15 is 0 Å². The van der Waals surface area contributed by atoms with Crippen molar-refractivity contribution in [3.05, 3.63) is 41.2 Å².